The number of thioether (sulfide) groups is 1. The molecule has 1 N–H and O–H groups in total. The molecule has 2 unspecified atom stereocenters. The lowest BCUT2D eigenvalue weighted by atomic mass is 10.1. The third-order valence-corrected chi connectivity index (χ3v) is 3.92. The number of nitrogens with one attached hydrogen (secondary N) is 1. The topological polar surface area (TPSA) is 21.3 Å². The average Bonchev–Trinajstić information content (AvgIpc) is 2.48. The van der Waals surface area contributed by atoms with Crippen LogP contribution in [0, 0.1) is 0 Å². The lowest BCUT2D eigenvalue weighted by molar-refractivity contribution is 0.0215. The fourth-order valence-electron chi connectivity index (χ4n) is 1.42. The molecule has 0 aliphatic carbocycles. The van der Waals surface area contributed by atoms with Crippen LogP contribution in [0.5, 0.6) is 0 Å². The van der Waals surface area contributed by atoms with Gasteiger partial charge < -0.3 is 10.1 Å². The van der Waals surface area contributed by atoms with E-state index < -0.39 is 0 Å². The molecule has 1 aliphatic rings. The van der Waals surface area contributed by atoms with E-state index in [0.29, 0.717) is 6.04 Å². The predicted octanol–water partition coefficient (Wildman–Crippen LogP) is 1.89. The first kappa shape index (κ1) is 11.3. The summed E-state index contributed by atoms with van der Waals surface area (Å²) in [6.45, 7) is 7.48. The van der Waals surface area contributed by atoms with Gasteiger partial charge in [-0.2, -0.15) is 11.8 Å². The van der Waals surface area contributed by atoms with Crippen LogP contribution in [-0.2, 0) is 4.74 Å². The van der Waals surface area contributed by atoms with Gasteiger partial charge in [-0.3, -0.25) is 0 Å². The smallest absolute Gasteiger partial charge is 0.0746 e. The van der Waals surface area contributed by atoms with Crippen molar-refractivity contribution in [1.82, 2.24) is 5.32 Å². The van der Waals surface area contributed by atoms with Crippen LogP contribution in [0.3, 0.4) is 0 Å². The highest BCUT2D eigenvalue weighted by molar-refractivity contribution is 8.00. The van der Waals surface area contributed by atoms with E-state index in [0.717, 1.165) is 11.8 Å². The maximum Gasteiger partial charge on any atom is 0.0746 e. The molecule has 0 aromatic heterocycles. The van der Waals surface area contributed by atoms with Crippen molar-refractivity contribution < 1.29 is 4.74 Å². The SMILES string of the molecule is COC(C)(C)CNC1CSC(C)C1. The maximum atomic E-state index is 5.36. The number of hydrogen-bond donors (Lipinski definition) is 1. The van der Waals surface area contributed by atoms with E-state index in [2.05, 4.69) is 37.8 Å². The monoisotopic (exact) mass is 203 g/mol. The van der Waals surface area contributed by atoms with E-state index in [4.69, 9.17) is 4.74 Å². The molecule has 0 spiro atoms. The van der Waals surface area contributed by atoms with Gasteiger partial charge in [0.15, 0.2) is 0 Å². The highest BCUT2D eigenvalue weighted by Gasteiger charge is 2.24. The lowest BCUT2D eigenvalue weighted by Gasteiger charge is -2.25. The number of hydrogen-bond acceptors (Lipinski definition) is 3. The van der Waals surface area contributed by atoms with Gasteiger partial charge in [0.05, 0.1) is 5.60 Å². The van der Waals surface area contributed by atoms with E-state index in [1.165, 1.54) is 12.2 Å². The second-order valence-electron chi connectivity index (χ2n) is 4.42. The van der Waals surface area contributed by atoms with Gasteiger partial charge in [0, 0.05) is 30.7 Å². The number of rotatable bonds is 4. The largest absolute Gasteiger partial charge is 0.377 e. The van der Waals surface area contributed by atoms with Gasteiger partial charge in [-0.25, -0.2) is 0 Å². The van der Waals surface area contributed by atoms with Crippen molar-refractivity contribution in [2.45, 2.75) is 44.1 Å². The number of ether oxygens (including phenoxy) is 1. The third kappa shape index (κ3) is 3.88. The van der Waals surface area contributed by atoms with Gasteiger partial charge in [0.2, 0.25) is 0 Å². The Bertz CT molecular complexity index is 161. The minimum atomic E-state index is -0.0313. The maximum absolute atomic E-state index is 5.36. The Morgan fingerprint density at radius 2 is 2.23 bits per heavy atom. The van der Waals surface area contributed by atoms with Gasteiger partial charge in [0.25, 0.3) is 0 Å². The highest BCUT2D eigenvalue weighted by atomic mass is 32.2. The summed E-state index contributed by atoms with van der Waals surface area (Å²) in [5, 5.41) is 4.38. The first-order chi connectivity index (χ1) is 6.03. The molecule has 1 aliphatic heterocycles. The Morgan fingerprint density at radius 1 is 1.54 bits per heavy atom. The van der Waals surface area contributed by atoms with E-state index >= 15 is 0 Å². The first-order valence-corrected chi connectivity index (χ1v) is 5.98. The molecule has 0 saturated carbocycles. The summed E-state index contributed by atoms with van der Waals surface area (Å²) in [6, 6.07) is 0.689. The van der Waals surface area contributed by atoms with Gasteiger partial charge in [0.1, 0.15) is 0 Å². The Hall–Kier alpha value is 0.270. The van der Waals surface area contributed by atoms with Gasteiger partial charge >= 0.3 is 0 Å². The van der Waals surface area contributed by atoms with Crippen molar-refractivity contribution in [2.75, 3.05) is 19.4 Å². The summed E-state index contributed by atoms with van der Waals surface area (Å²) >= 11 is 2.06. The Morgan fingerprint density at radius 3 is 2.69 bits per heavy atom. The molecule has 2 atom stereocenters. The zero-order chi connectivity index (χ0) is 9.90. The van der Waals surface area contributed by atoms with Gasteiger partial charge in [-0.05, 0) is 20.3 Å². The molecule has 13 heavy (non-hydrogen) atoms. The normalized spacial score (nSPS) is 29.5. The molecule has 0 aromatic carbocycles. The van der Waals surface area contributed by atoms with Crippen LogP contribution in [0.1, 0.15) is 27.2 Å². The second kappa shape index (κ2) is 4.67. The molecule has 0 radical (unpaired) electrons. The predicted molar refractivity (Wildman–Crippen MR) is 59.4 cm³/mol. The molecule has 0 amide bonds. The van der Waals surface area contributed by atoms with Crippen LogP contribution in [0.15, 0.2) is 0 Å². The molecule has 1 saturated heterocycles. The number of methoxy groups -OCH3 is 1. The van der Waals surface area contributed by atoms with Crippen molar-refractivity contribution in [1.29, 1.82) is 0 Å². The molecule has 0 aromatic rings. The van der Waals surface area contributed by atoms with Gasteiger partial charge in [-0.15, -0.1) is 0 Å². The lowest BCUT2D eigenvalue weighted by Crippen LogP contribution is -2.42. The highest BCUT2D eigenvalue weighted by Crippen LogP contribution is 2.26. The molecule has 1 fully saturated rings. The van der Waals surface area contributed by atoms with Crippen LogP contribution in [-0.4, -0.2) is 36.3 Å². The Kier molecular flexibility index (Phi) is 4.07. The zero-order valence-electron chi connectivity index (χ0n) is 9.09. The molecule has 78 valence electrons. The molecule has 3 heteroatoms. The standard InChI is InChI=1S/C10H21NOS/c1-8-5-9(6-13-8)11-7-10(2,3)12-4/h8-9,11H,5-7H2,1-4H3. The summed E-state index contributed by atoms with van der Waals surface area (Å²) in [4.78, 5) is 0. The fourth-order valence-corrected chi connectivity index (χ4v) is 2.60. The fraction of sp³-hybridized carbons (Fsp3) is 1.00. The summed E-state index contributed by atoms with van der Waals surface area (Å²) in [6.07, 6.45) is 1.30. The van der Waals surface area contributed by atoms with E-state index in [-0.39, 0.29) is 5.60 Å². The first-order valence-electron chi connectivity index (χ1n) is 4.93. The quantitative estimate of drug-likeness (QED) is 0.754. The Balaban J connectivity index is 2.19. The van der Waals surface area contributed by atoms with Crippen LogP contribution in [0.2, 0.25) is 0 Å². The molecular weight excluding hydrogens is 182 g/mol. The van der Waals surface area contributed by atoms with Crippen molar-refractivity contribution in [3.63, 3.8) is 0 Å². The van der Waals surface area contributed by atoms with Crippen molar-refractivity contribution >= 4 is 11.8 Å². The summed E-state index contributed by atoms with van der Waals surface area (Å²) in [5.41, 5.74) is -0.0313. The Labute approximate surface area is 85.8 Å². The van der Waals surface area contributed by atoms with E-state index in [9.17, 15) is 0 Å². The minimum absolute atomic E-state index is 0.0313. The van der Waals surface area contributed by atoms with Crippen molar-refractivity contribution in [2.24, 2.45) is 0 Å². The molecule has 2 nitrogen and oxygen atoms in total. The summed E-state index contributed by atoms with van der Waals surface area (Å²) in [5.74, 6) is 1.25. The summed E-state index contributed by atoms with van der Waals surface area (Å²) in [7, 11) is 1.77. The van der Waals surface area contributed by atoms with E-state index in [1.54, 1.807) is 7.11 Å². The average molecular weight is 203 g/mol. The van der Waals surface area contributed by atoms with Crippen LogP contribution in [0.25, 0.3) is 0 Å². The molecule has 1 rings (SSSR count). The van der Waals surface area contributed by atoms with Crippen LogP contribution < -0.4 is 5.32 Å². The van der Waals surface area contributed by atoms with Crippen molar-refractivity contribution in [3.8, 4) is 0 Å². The van der Waals surface area contributed by atoms with Crippen LogP contribution in [0.4, 0.5) is 0 Å². The molecule has 1 heterocycles. The summed E-state index contributed by atoms with van der Waals surface area (Å²) < 4.78 is 5.36. The molecular formula is C10H21NOS. The molecule has 0 bridgehead atoms. The third-order valence-electron chi connectivity index (χ3n) is 2.57. The second-order valence-corrected chi connectivity index (χ2v) is 5.89. The minimum Gasteiger partial charge on any atom is -0.377 e. The van der Waals surface area contributed by atoms with Crippen molar-refractivity contribution in [3.05, 3.63) is 0 Å². The van der Waals surface area contributed by atoms with Crippen LogP contribution >= 0.6 is 11.8 Å². The zero-order valence-corrected chi connectivity index (χ0v) is 9.91. The van der Waals surface area contributed by atoms with E-state index in [1.807, 2.05) is 0 Å². The van der Waals surface area contributed by atoms with Gasteiger partial charge in [-0.1, -0.05) is 6.92 Å².